The van der Waals surface area contributed by atoms with Crippen LogP contribution in [0.5, 0.6) is 0 Å². The van der Waals surface area contributed by atoms with Gasteiger partial charge in [-0.1, -0.05) is 11.6 Å². The second kappa shape index (κ2) is 5.46. The molecule has 0 radical (unpaired) electrons. The van der Waals surface area contributed by atoms with Gasteiger partial charge in [0.25, 0.3) is 5.91 Å². The number of hydrogen-bond acceptors (Lipinski definition) is 3. The Labute approximate surface area is 118 Å². The van der Waals surface area contributed by atoms with Crippen molar-refractivity contribution < 1.29 is 4.79 Å². The molecule has 0 saturated carbocycles. The molecule has 18 heavy (non-hydrogen) atoms. The van der Waals surface area contributed by atoms with Gasteiger partial charge in [-0.25, -0.2) is 9.97 Å². The monoisotopic (exact) mass is 325 g/mol. The first kappa shape index (κ1) is 13.0. The van der Waals surface area contributed by atoms with Crippen molar-refractivity contribution in [1.82, 2.24) is 9.97 Å². The highest BCUT2D eigenvalue weighted by molar-refractivity contribution is 9.10. The fraction of sp³-hybridized carbons (Fsp3) is 0.0833. The summed E-state index contributed by atoms with van der Waals surface area (Å²) in [5.74, 6) is 0.224. The Bertz CT molecular complexity index is 604. The average molecular weight is 327 g/mol. The Morgan fingerprint density at radius 2 is 2.17 bits per heavy atom. The van der Waals surface area contributed by atoms with Crippen molar-refractivity contribution in [2.45, 2.75) is 6.92 Å². The van der Waals surface area contributed by atoms with E-state index in [-0.39, 0.29) is 11.1 Å². The van der Waals surface area contributed by atoms with Crippen LogP contribution in [0.15, 0.2) is 34.9 Å². The van der Waals surface area contributed by atoms with Crippen molar-refractivity contribution >= 4 is 39.3 Å². The summed E-state index contributed by atoms with van der Waals surface area (Å²) in [6.07, 6.45) is 1.48. The van der Waals surface area contributed by atoms with E-state index in [1.54, 1.807) is 12.1 Å². The van der Waals surface area contributed by atoms with Crippen LogP contribution in [0.3, 0.4) is 0 Å². The lowest BCUT2D eigenvalue weighted by Gasteiger charge is -2.06. The molecule has 0 aliphatic rings. The molecule has 0 bridgehead atoms. The molecule has 0 atom stereocenters. The van der Waals surface area contributed by atoms with Crippen LogP contribution >= 0.6 is 27.5 Å². The Morgan fingerprint density at radius 3 is 2.83 bits per heavy atom. The van der Waals surface area contributed by atoms with E-state index in [2.05, 4.69) is 31.2 Å². The van der Waals surface area contributed by atoms with E-state index in [4.69, 9.17) is 11.6 Å². The van der Waals surface area contributed by atoms with Gasteiger partial charge >= 0.3 is 0 Å². The van der Waals surface area contributed by atoms with E-state index >= 15 is 0 Å². The van der Waals surface area contributed by atoms with Crippen molar-refractivity contribution in [3.05, 3.63) is 51.3 Å². The number of anilines is 1. The second-order valence-corrected chi connectivity index (χ2v) is 4.83. The SMILES string of the molecule is Cc1nc(NC(=O)c2ccnc(Cl)c2)ccc1Br. The summed E-state index contributed by atoms with van der Waals surface area (Å²) in [6, 6.07) is 6.64. The number of carbonyl (C=O) groups is 1. The van der Waals surface area contributed by atoms with Crippen LogP contribution in [0.1, 0.15) is 16.1 Å². The maximum atomic E-state index is 11.9. The molecule has 0 fully saturated rings. The van der Waals surface area contributed by atoms with Gasteiger partial charge < -0.3 is 5.32 Å². The predicted octanol–water partition coefficient (Wildman–Crippen LogP) is 3.45. The van der Waals surface area contributed by atoms with E-state index in [0.29, 0.717) is 11.4 Å². The first-order valence-electron chi connectivity index (χ1n) is 5.12. The van der Waals surface area contributed by atoms with Crippen LogP contribution in [0, 0.1) is 6.92 Å². The van der Waals surface area contributed by atoms with Crippen LogP contribution in [-0.2, 0) is 0 Å². The Hall–Kier alpha value is -1.46. The molecular formula is C12H9BrClN3O. The van der Waals surface area contributed by atoms with Gasteiger partial charge in [0.1, 0.15) is 11.0 Å². The third kappa shape index (κ3) is 3.05. The summed E-state index contributed by atoms with van der Waals surface area (Å²) < 4.78 is 0.896. The number of nitrogens with one attached hydrogen (secondary N) is 1. The van der Waals surface area contributed by atoms with E-state index in [9.17, 15) is 4.79 Å². The highest BCUT2D eigenvalue weighted by Gasteiger charge is 2.08. The number of aromatic nitrogens is 2. The highest BCUT2D eigenvalue weighted by Crippen LogP contribution is 2.17. The number of nitrogens with zero attached hydrogens (tertiary/aromatic N) is 2. The van der Waals surface area contributed by atoms with Crippen LogP contribution < -0.4 is 5.32 Å². The van der Waals surface area contributed by atoms with Crippen molar-refractivity contribution in [3.63, 3.8) is 0 Å². The Morgan fingerprint density at radius 1 is 1.39 bits per heavy atom. The van der Waals surface area contributed by atoms with E-state index in [1.165, 1.54) is 12.3 Å². The third-order valence-electron chi connectivity index (χ3n) is 2.25. The molecular weight excluding hydrogens is 318 g/mol. The molecule has 0 aromatic carbocycles. The van der Waals surface area contributed by atoms with Gasteiger partial charge in [-0.05, 0) is 47.1 Å². The van der Waals surface area contributed by atoms with Crippen LogP contribution in [0.25, 0.3) is 0 Å². The van der Waals surface area contributed by atoms with E-state index < -0.39 is 0 Å². The zero-order chi connectivity index (χ0) is 13.1. The molecule has 0 unspecified atom stereocenters. The van der Waals surface area contributed by atoms with Crippen molar-refractivity contribution in [3.8, 4) is 0 Å². The second-order valence-electron chi connectivity index (χ2n) is 3.59. The van der Waals surface area contributed by atoms with Gasteiger partial charge in [0.15, 0.2) is 0 Å². The maximum Gasteiger partial charge on any atom is 0.256 e. The summed E-state index contributed by atoms with van der Waals surface area (Å²) in [5.41, 5.74) is 1.25. The van der Waals surface area contributed by atoms with Gasteiger partial charge in [0.05, 0.1) is 5.69 Å². The zero-order valence-corrected chi connectivity index (χ0v) is 11.8. The number of rotatable bonds is 2. The molecule has 2 aromatic heterocycles. The summed E-state index contributed by atoms with van der Waals surface area (Å²) in [7, 11) is 0. The lowest BCUT2D eigenvalue weighted by atomic mass is 10.2. The number of halogens is 2. The largest absolute Gasteiger partial charge is 0.307 e. The molecule has 1 N–H and O–H groups in total. The summed E-state index contributed by atoms with van der Waals surface area (Å²) in [4.78, 5) is 20.0. The number of aryl methyl sites for hydroxylation is 1. The number of pyridine rings is 2. The molecule has 92 valence electrons. The first-order chi connectivity index (χ1) is 8.56. The van der Waals surface area contributed by atoms with Crippen LogP contribution in [0.2, 0.25) is 5.15 Å². The summed E-state index contributed by atoms with van der Waals surface area (Å²) in [6.45, 7) is 1.85. The normalized spacial score (nSPS) is 10.2. The Kier molecular flexibility index (Phi) is 3.93. The number of carbonyl (C=O) groups excluding carboxylic acids is 1. The molecule has 0 spiro atoms. The molecule has 2 aromatic rings. The molecule has 4 nitrogen and oxygen atoms in total. The summed E-state index contributed by atoms with van der Waals surface area (Å²) in [5, 5.41) is 2.98. The third-order valence-corrected chi connectivity index (χ3v) is 3.30. The molecule has 2 rings (SSSR count). The minimum atomic E-state index is -0.270. The highest BCUT2D eigenvalue weighted by atomic mass is 79.9. The minimum Gasteiger partial charge on any atom is -0.307 e. The van der Waals surface area contributed by atoms with Gasteiger partial charge in [0.2, 0.25) is 0 Å². The molecule has 1 amide bonds. The molecule has 2 heterocycles. The number of amides is 1. The first-order valence-corrected chi connectivity index (χ1v) is 6.29. The van der Waals surface area contributed by atoms with Gasteiger partial charge in [-0.15, -0.1) is 0 Å². The summed E-state index contributed by atoms with van der Waals surface area (Å²) >= 11 is 9.07. The maximum absolute atomic E-state index is 11.9. The lowest BCUT2D eigenvalue weighted by molar-refractivity contribution is 0.102. The average Bonchev–Trinajstić information content (AvgIpc) is 2.34. The van der Waals surface area contributed by atoms with E-state index in [1.807, 2.05) is 13.0 Å². The van der Waals surface area contributed by atoms with Gasteiger partial charge in [-0.3, -0.25) is 4.79 Å². The lowest BCUT2D eigenvalue weighted by Crippen LogP contribution is -2.13. The zero-order valence-electron chi connectivity index (χ0n) is 9.45. The van der Waals surface area contributed by atoms with Crippen molar-refractivity contribution in [2.24, 2.45) is 0 Å². The predicted molar refractivity (Wildman–Crippen MR) is 73.9 cm³/mol. The smallest absolute Gasteiger partial charge is 0.256 e. The molecule has 0 aliphatic heterocycles. The number of hydrogen-bond donors (Lipinski definition) is 1. The molecule has 0 saturated heterocycles. The standard InChI is InChI=1S/C12H9BrClN3O/c1-7-9(13)2-3-11(16-7)17-12(18)8-4-5-15-10(14)6-8/h2-6H,1H3,(H,16,17,18). The fourth-order valence-corrected chi connectivity index (χ4v) is 1.74. The quantitative estimate of drug-likeness (QED) is 0.860. The molecule has 0 aliphatic carbocycles. The molecule has 6 heteroatoms. The van der Waals surface area contributed by atoms with Gasteiger partial charge in [-0.2, -0.15) is 0 Å². The van der Waals surface area contributed by atoms with Crippen LogP contribution in [0.4, 0.5) is 5.82 Å². The van der Waals surface area contributed by atoms with Crippen molar-refractivity contribution in [1.29, 1.82) is 0 Å². The topological polar surface area (TPSA) is 54.9 Å². The Balaban J connectivity index is 2.18. The van der Waals surface area contributed by atoms with E-state index in [0.717, 1.165) is 10.2 Å². The minimum absolute atomic E-state index is 0.270. The van der Waals surface area contributed by atoms with Gasteiger partial charge in [0, 0.05) is 16.2 Å². The van der Waals surface area contributed by atoms with Crippen LogP contribution in [-0.4, -0.2) is 15.9 Å². The van der Waals surface area contributed by atoms with Crippen molar-refractivity contribution in [2.75, 3.05) is 5.32 Å². The fourth-order valence-electron chi connectivity index (χ4n) is 1.35.